The van der Waals surface area contributed by atoms with Crippen molar-refractivity contribution in [3.05, 3.63) is 48.0 Å². The summed E-state index contributed by atoms with van der Waals surface area (Å²) in [5.41, 5.74) is 1.24. The molecule has 2 aromatic heterocycles. The van der Waals surface area contributed by atoms with Crippen LogP contribution in [0.1, 0.15) is 19.9 Å². The van der Waals surface area contributed by atoms with Crippen molar-refractivity contribution in [3.8, 4) is 11.4 Å². The second kappa shape index (κ2) is 4.87. The smallest absolute Gasteiger partial charge is 0.161 e. The van der Waals surface area contributed by atoms with Gasteiger partial charge in [0.25, 0.3) is 0 Å². The number of rotatable bonds is 2. The molecule has 6 heteroatoms. The molecule has 0 aliphatic heterocycles. The minimum atomic E-state index is -0.958. The summed E-state index contributed by atoms with van der Waals surface area (Å²) in [5, 5.41) is 0. The van der Waals surface area contributed by atoms with Gasteiger partial charge in [0.1, 0.15) is 11.6 Å². The van der Waals surface area contributed by atoms with Crippen LogP contribution in [-0.2, 0) is 0 Å². The summed E-state index contributed by atoms with van der Waals surface area (Å²) >= 11 is 0. The molecular weight excluding hydrogens is 279 g/mol. The SMILES string of the molecule is CC(C)n1c(-c2cncc(F)c2)nc2cc(F)c(F)cc21. The molecule has 0 saturated heterocycles. The van der Waals surface area contributed by atoms with Crippen LogP contribution in [0.4, 0.5) is 13.2 Å². The molecule has 0 N–H and O–H groups in total. The summed E-state index contributed by atoms with van der Waals surface area (Å²) in [6, 6.07) is 3.38. The largest absolute Gasteiger partial charge is 0.321 e. The third kappa shape index (κ3) is 2.26. The Hall–Kier alpha value is -2.37. The van der Waals surface area contributed by atoms with Gasteiger partial charge in [-0.25, -0.2) is 18.2 Å². The molecule has 0 amide bonds. The Morgan fingerprint density at radius 3 is 2.38 bits per heavy atom. The van der Waals surface area contributed by atoms with Gasteiger partial charge in [-0.2, -0.15) is 0 Å². The summed E-state index contributed by atoms with van der Waals surface area (Å²) in [6.45, 7) is 3.78. The number of benzene rings is 1. The summed E-state index contributed by atoms with van der Waals surface area (Å²) < 4.78 is 41.9. The molecule has 108 valence electrons. The van der Waals surface area contributed by atoms with Crippen LogP contribution in [0.3, 0.4) is 0 Å². The van der Waals surface area contributed by atoms with Crippen molar-refractivity contribution in [2.24, 2.45) is 0 Å². The van der Waals surface area contributed by atoms with E-state index < -0.39 is 17.5 Å². The highest BCUT2D eigenvalue weighted by atomic mass is 19.2. The Morgan fingerprint density at radius 1 is 1.00 bits per heavy atom. The Kier molecular flexibility index (Phi) is 3.16. The molecule has 3 nitrogen and oxygen atoms in total. The highest BCUT2D eigenvalue weighted by molar-refractivity contribution is 5.81. The molecule has 0 atom stereocenters. The Bertz CT molecular complexity index is 824. The van der Waals surface area contributed by atoms with E-state index in [1.54, 1.807) is 4.57 Å². The molecule has 0 fully saturated rings. The van der Waals surface area contributed by atoms with E-state index in [0.29, 0.717) is 22.4 Å². The summed E-state index contributed by atoms with van der Waals surface area (Å²) in [4.78, 5) is 8.09. The topological polar surface area (TPSA) is 30.7 Å². The number of hydrogen-bond donors (Lipinski definition) is 0. The molecule has 0 spiro atoms. The van der Waals surface area contributed by atoms with Gasteiger partial charge in [0, 0.05) is 29.9 Å². The molecule has 3 aromatic rings. The van der Waals surface area contributed by atoms with Gasteiger partial charge in [-0.1, -0.05) is 0 Å². The highest BCUT2D eigenvalue weighted by Crippen LogP contribution is 2.29. The van der Waals surface area contributed by atoms with Crippen LogP contribution in [0, 0.1) is 17.5 Å². The van der Waals surface area contributed by atoms with Gasteiger partial charge in [-0.15, -0.1) is 0 Å². The molecule has 0 aliphatic carbocycles. The van der Waals surface area contributed by atoms with Crippen LogP contribution in [0.5, 0.6) is 0 Å². The van der Waals surface area contributed by atoms with Crippen LogP contribution in [0.2, 0.25) is 0 Å². The van der Waals surface area contributed by atoms with Gasteiger partial charge in [-0.05, 0) is 19.9 Å². The predicted octanol–water partition coefficient (Wildman–Crippen LogP) is 4.10. The first-order valence-electron chi connectivity index (χ1n) is 6.45. The standard InChI is InChI=1S/C15H12F3N3/c1-8(2)21-14-5-12(18)11(17)4-13(14)20-15(21)9-3-10(16)7-19-6-9/h3-8H,1-2H3. The van der Waals surface area contributed by atoms with E-state index in [0.717, 1.165) is 18.3 Å². The lowest BCUT2D eigenvalue weighted by Gasteiger charge is -2.13. The van der Waals surface area contributed by atoms with Crippen molar-refractivity contribution in [2.45, 2.75) is 19.9 Å². The maximum Gasteiger partial charge on any atom is 0.161 e. The van der Waals surface area contributed by atoms with E-state index in [-0.39, 0.29) is 6.04 Å². The van der Waals surface area contributed by atoms with Crippen molar-refractivity contribution in [3.63, 3.8) is 0 Å². The number of fused-ring (bicyclic) bond motifs is 1. The number of nitrogens with zero attached hydrogens (tertiary/aromatic N) is 3. The minimum Gasteiger partial charge on any atom is -0.321 e. The first kappa shape index (κ1) is 13.6. The Labute approximate surface area is 119 Å². The average Bonchev–Trinajstić information content (AvgIpc) is 2.78. The molecule has 3 rings (SSSR count). The van der Waals surface area contributed by atoms with E-state index in [9.17, 15) is 13.2 Å². The molecule has 0 aliphatic rings. The van der Waals surface area contributed by atoms with Crippen LogP contribution in [-0.4, -0.2) is 14.5 Å². The maximum atomic E-state index is 13.5. The Balaban J connectivity index is 2.34. The molecule has 0 saturated carbocycles. The summed E-state index contributed by atoms with van der Waals surface area (Å²) in [6.07, 6.45) is 2.56. The average molecular weight is 291 g/mol. The normalized spacial score (nSPS) is 11.5. The summed E-state index contributed by atoms with van der Waals surface area (Å²) in [7, 11) is 0. The maximum absolute atomic E-state index is 13.5. The van der Waals surface area contributed by atoms with Gasteiger partial charge in [-0.3, -0.25) is 4.98 Å². The van der Waals surface area contributed by atoms with Gasteiger partial charge >= 0.3 is 0 Å². The second-order valence-corrected chi connectivity index (χ2v) is 5.05. The molecule has 2 heterocycles. The third-order valence-corrected chi connectivity index (χ3v) is 3.21. The number of pyridine rings is 1. The molecule has 1 aromatic carbocycles. The second-order valence-electron chi connectivity index (χ2n) is 5.05. The fourth-order valence-corrected chi connectivity index (χ4v) is 2.35. The van der Waals surface area contributed by atoms with E-state index in [1.165, 1.54) is 12.3 Å². The Morgan fingerprint density at radius 2 is 1.71 bits per heavy atom. The quantitative estimate of drug-likeness (QED) is 0.711. The molecule has 0 unspecified atom stereocenters. The van der Waals surface area contributed by atoms with Gasteiger partial charge in [0.05, 0.1) is 17.2 Å². The summed E-state index contributed by atoms with van der Waals surface area (Å²) in [5.74, 6) is -1.96. The lowest BCUT2D eigenvalue weighted by Crippen LogP contribution is -2.03. The van der Waals surface area contributed by atoms with Crippen molar-refractivity contribution in [1.29, 1.82) is 0 Å². The van der Waals surface area contributed by atoms with Crippen molar-refractivity contribution in [1.82, 2.24) is 14.5 Å². The molecule has 0 bridgehead atoms. The van der Waals surface area contributed by atoms with Crippen molar-refractivity contribution < 1.29 is 13.2 Å². The van der Waals surface area contributed by atoms with Crippen LogP contribution in [0.25, 0.3) is 22.4 Å². The number of hydrogen-bond acceptors (Lipinski definition) is 2. The number of halogens is 3. The fraction of sp³-hybridized carbons (Fsp3) is 0.200. The van der Waals surface area contributed by atoms with E-state index in [4.69, 9.17) is 0 Å². The molecular formula is C15H12F3N3. The zero-order valence-corrected chi connectivity index (χ0v) is 11.4. The number of imidazole rings is 1. The zero-order chi connectivity index (χ0) is 15.1. The van der Waals surface area contributed by atoms with Crippen molar-refractivity contribution in [2.75, 3.05) is 0 Å². The van der Waals surface area contributed by atoms with Crippen molar-refractivity contribution >= 4 is 11.0 Å². The first-order valence-corrected chi connectivity index (χ1v) is 6.45. The monoisotopic (exact) mass is 291 g/mol. The third-order valence-electron chi connectivity index (χ3n) is 3.21. The fourth-order valence-electron chi connectivity index (χ4n) is 2.35. The molecule has 21 heavy (non-hydrogen) atoms. The van der Waals surface area contributed by atoms with Crippen LogP contribution < -0.4 is 0 Å². The molecule has 0 radical (unpaired) electrons. The minimum absolute atomic E-state index is 0.0573. The number of aromatic nitrogens is 3. The predicted molar refractivity (Wildman–Crippen MR) is 73.2 cm³/mol. The van der Waals surface area contributed by atoms with Crippen LogP contribution in [0.15, 0.2) is 30.6 Å². The van der Waals surface area contributed by atoms with Crippen LogP contribution >= 0.6 is 0 Å². The van der Waals surface area contributed by atoms with Gasteiger partial charge in [0.15, 0.2) is 11.6 Å². The lowest BCUT2D eigenvalue weighted by atomic mass is 10.2. The van der Waals surface area contributed by atoms with E-state index in [2.05, 4.69) is 9.97 Å². The van der Waals surface area contributed by atoms with Gasteiger partial charge < -0.3 is 4.57 Å². The first-order chi connectivity index (χ1) is 9.97. The highest BCUT2D eigenvalue weighted by Gasteiger charge is 2.18. The zero-order valence-electron chi connectivity index (χ0n) is 11.4. The van der Waals surface area contributed by atoms with Gasteiger partial charge in [0.2, 0.25) is 0 Å². The van der Waals surface area contributed by atoms with E-state index in [1.807, 2.05) is 13.8 Å². The lowest BCUT2D eigenvalue weighted by molar-refractivity contribution is 0.509. The van der Waals surface area contributed by atoms with E-state index >= 15 is 0 Å².